The van der Waals surface area contributed by atoms with Gasteiger partial charge in [0.05, 0.1) is 6.61 Å². The molecule has 0 heterocycles. The molecule has 20 heavy (non-hydrogen) atoms. The average Bonchev–Trinajstić information content (AvgIpc) is 2.44. The average molecular weight is 334 g/mol. The minimum absolute atomic E-state index is 0.0424. The van der Waals surface area contributed by atoms with Crippen LogP contribution in [0.5, 0.6) is 0 Å². The van der Waals surface area contributed by atoms with Gasteiger partial charge in [-0.3, -0.25) is 4.79 Å². The molecule has 0 saturated heterocycles. The van der Waals surface area contributed by atoms with Gasteiger partial charge < -0.3 is 10.4 Å². The highest BCUT2D eigenvalue weighted by Crippen LogP contribution is 2.21. The summed E-state index contributed by atoms with van der Waals surface area (Å²) in [5.41, 5.74) is 4.13. The van der Waals surface area contributed by atoms with Gasteiger partial charge in [0.25, 0.3) is 5.91 Å². The van der Waals surface area contributed by atoms with Crippen LogP contribution in [-0.4, -0.2) is 11.0 Å². The van der Waals surface area contributed by atoms with E-state index in [0.717, 1.165) is 26.9 Å². The molecule has 0 aromatic heterocycles. The molecule has 0 bridgehead atoms. The summed E-state index contributed by atoms with van der Waals surface area (Å²) in [6.07, 6.45) is 0. The third-order valence-corrected chi connectivity index (χ3v) is 4.02. The van der Waals surface area contributed by atoms with Crippen molar-refractivity contribution < 1.29 is 9.90 Å². The third kappa shape index (κ3) is 3.26. The summed E-state index contributed by atoms with van der Waals surface area (Å²) in [4.78, 5) is 12.2. The topological polar surface area (TPSA) is 49.3 Å². The van der Waals surface area contributed by atoms with Gasteiger partial charge in [-0.25, -0.2) is 0 Å². The maximum atomic E-state index is 12.2. The van der Waals surface area contributed by atoms with E-state index < -0.39 is 0 Å². The maximum absolute atomic E-state index is 12.2. The molecule has 2 N–H and O–H groups in total. The number of amides is 1. The van der Waals surface area contributed by atoms with Crippen LogP contribution >= 0.6 is 15.9 Å². The molecule has 2 aromatic carbocycles. The predicted molar refractivity (Wildman–Crippen MR) is 83.9 cm³/mol. The van der Waals surface area contributed by atoms with Gasteiger partial charge in [-0.1, -0.05) is 34.1 Å². The number of hydrogen-bond acceptors (Lipinski definition) is 2. The second-order valence-corrected chi connectivity index (χ2v) is 5.58. The Hall–Kier alpha value is -1.65. The Morgan fingerprint density at radius 1 is 1.15 bits per heavy atom. The fourth-order valence-corrected chi connectivity index (χ4v) is 2.21. The van der Waals surface area contributed by atoms with Crippen molar-refractivity contribution in [3.05, 3.63) is 63.1 Å². The number of nitrogens with one attached hydrogen (secondary N) is 1. The number of aliphatic hydroxyl groups excluding tert-OH is 1. The molecule has 0 atom stereocenters. The van der Waals surface area contributed by atoms with Crippen LogP contribution in [0.2, 0.25) is 0 Å². The number of aliphatic hydroxyl groups is 1. The number of anilines is 1. The highest BCUT2D eigenvalue weighted by atomic mass is 79.9. The Balaban J connectivity index is 2.25. The summed E-state index contributed by atoms with van der Waals surface area (Å²) in [6, 6.07) is 11.0. The Morgan fingerprint density at radius 2 is 1.85 bits per heavy atom. The molecule has 0 saturated carbocycles. The van der Waals surface area contributed by atoms with Crippen molar-refractivity contribution in [1.29, 1.82) is 0 Å². The molecule has 0 unspecified atom stereocenters. The van der Waals surface area contributed by atoms with E-state index >= 15 is 0 Å². The molecule has 2 aromatic rings. The van der Waals surface area contributed by atoms with Crippen molar-refractivity contribution in [2.24, 2.45) is 0 Å². The zero-order chi connectivity index (χ0) is 14.7. The van der Waals surface area contributed by atoms with Gasteiger partial charge in [0.15, 0.2) is 0 Å². The van der Waals surface area contributed by atoms with Crippen molar-refractivity contribution in [1.82, 2.24) is 0 Å². The molecule has 0 aliphatic rings. The lowest BCUT2D eigenvalue weighted by atomic mass is 10.1. The highest BCUT2D eigenvalue weighted by Gasteiger charge is 2.09. The SMILES string of the molecule is Cc1ccc(C(=O)Nc2cc(CO)ccc2C)cc1Br. The van der Waals surface area contributed by atoms with Crippen LogP contribution < -0.4 is 5.32 Å². The molecule has 2 rings (SSSR count). The molecule has 104 valence electrons. The van der Waals surface area contributed by atoms with Crippen molar-refractivity contribution in [2.45, 2.75) is 20.5 Å². The molecular weight excluding hydrogens is 318 g/mol. The van der Waals surface area contributed by atoms with Gasteiger partial charge in [0.2, 0.25) is 0 Å². The Kier molecular flexibility index (Phi) is 4.57. The van der Waals surface area contributed by atoms with Crippen molar-refractivity contribution in [2.75, 3.05) is 5.32 Å². The number of carbonyl (C=O) groups is 1. The van der Waals surface area contributed by atoms with Gasteiger partial charge in [-0.2, -0.15) is 0 Å². The lowest BCUT2D eigenvalue weighted by molar-refractivity contribution is 0.102. The molecule has 1 amide bonds. The third-order valence-electron chi connectivity index (χ3n) is 3.17. The first-order valence-electron chi connectivity index (χ1n) is 6.29. The minimum Gasteiger partial charge on any atom is -0.392 e. The lowest BCUT2D eigenvalue weighted by Gasteiger charge is -2.10. The summed E-state index contributed by atoms with van der Waals surface area (Å²) in [6.45, 7) is 3.85. The zero-order valence-corrected chi connectivity index (χ0v) is 13.0. The van der Waals surface area contributed by atoms with Gasteiger partial charge in [0.1, 0.15) is 0 Å². The van der Waals surface area contributed by atoms with Crippen LogP contribution in [0.4, 0.5) is 5.69 Å². The number of rotatable bonds is 3. The number of hydrogen-bond donors (Lipinski definition) is 2. The number of aryl methyl sites for hydroxylation is 2. The molecule has 0 radical (unpaired) electrons. The van der Waals surface area contributed by atoms with Crippen LogP contribution in [0.15, 0.2) is 40.9 Å². The summed E-state index contributed by atoms with van der Waals surface area (Å²) in [7, 11) is 0. The number of carbonyl (C=O) groups excluding carboxylic acids is 1. The maximum Gasteiger partial charge on any atom is 0.255 e. The first-order chi connectivity index (χ1) is 9.51. The minimum atomic E-state index is -0.163. The monoisotopic (exact) mass is 333 g/mol. The van der Waals surface area contributed by atoms with E-state index in [1.807, 2.05) is 32.0 Å². The van der Waals surface area contributed by atoms with Crippen LogP contribution in [0.3, 0.4) is 0 Å². The van der Waals surface area contributed by atoms with E-state index in [1.54, 1.807) is 18.2 Å². The summed E-state index contributed by atoms with van der Waals surface area (Å²) in [5, 5.41) is 12.0. The molecule has 4 heteroatoms. The van der Waals surface area contributed by atoms with Crippen molar-refractivity contribution in [3.63, 3.8) is 0 Å². The van der Waals surface area contributed by atoms with Crippen LogP contribution in [-0.2, 0) is 6.61 Å². The predicted octanol–water partition coefficient (Wildman–Crippen LogP) is 3.81. The summed E-state index contributed by atoms with van der Waals surface area (Å²) < 4.78 is 0.908. The molecule has 3 nitrogen and oxygen atoms in total. The van der Waals surface area contributed by atoms with Gasteiger partial charge >= 0.3 is 0 Å². The van der Waals surface area contributed by atoms with E-state index in [-0.39, 0.29) is 12.5 Å². The number of benzene rings is 2. The van der Waals surface area contributed by atoms with E-state index in [4.69, 9.17) is 5.11 Å². The molecule has 0 aliphatic carbocycles. The van der Waals surface area contributed by atoms with Crippen molar-refractivity contribution in [3.8, 4) is 0 Å². The first-order valence-corrected chi connectivity index (χ1v) is 7.08. The fourth-order valence-electron chi connectivity index (χ4n) is 1.83. The van der Waals surface area contributed by atoms with Gasteiger partial charge in [0, 0.05) is 15.7 Å². The standard InChI is InChI=1S/C16H16BrNO2/c1-10-4-6-13(8-14(10)17)16(20)18-15-7-12(9-19)5-3-11(15)2/h3-8,19H,9H2,1-2H3,(H,18,20). The zero-order valence-electron chi connectivity index (χ0n) is 11.4. The molecule has 0 spiro atoms. The molecule has 0 aliphatic heterocycles. The van der Waals surface area contributed by atoms with Crippen molar-refractivity contribution >= 4 is 27.5 Å². The normalized spacial score (nSPS) is 10.4. The summed E-state index contributed by atoms with van der Waals surface area (Å²) in [5.74, 6) is -0.163. The Morgan fingerprint density at radius 3 is 2.50 bits per heavy atom. The van der Waals surface area contributed by atoms with E-state index in [1.165, 1.54) is 0 Å². The molecule has 0 fully saturated rings. The van der Waals surface area contributed by atoms with Crippen LogP contribution in [0.25, 0.3) is 0 Å². The second kappa shape index (κ2) is 6.20. The molecular formula is C16H16BrNO2. The fraction of sp³-hybridized carbons (Fsp3) is 0.188. The largest absolute Gasteiger partial charge is 0.392 e. The Labute approximate surface area is 126 Å². The van der Waals surface area contributed by atoms with Gasteiger partial charge in [-0.15, -0.1) is 0 Å². The van der Waals surface area contributed by atoms with E-state index in [0.29, 0.717) is 5.56 Å². The van der Waals surface area contributed by atoms with E-state index in [9.17, 15) is 4.79 Å². The Bertz CT molecular complexity index is 653. The second-order valence-electron chi connectivity index (χ2n) is 4.73. The van der Waals surface area contributed by atoms with Crippen LogP contribution in [0.1, 0.15) is 27.0 Å². The quantitative estimate of drug-likeness (QED) is 0.897. The first kappa shape index (κ1) is 14.8. The van der Waals surface area contributed by atoms with E-state index in [2.05, 4.69) is 21.2 Å². The lowest BCUT2D eigenvalue weighted by Crippen LogP contribution is -2.13. The van der Waals surface area contributed by atoms with Crippen LogP contribution in [0, 0.1) is 13.8 Å². The number of halogens is 1. The highest BCUT2D eigenvalue weighted by molar-refractivity contribution is 9.10. The smallest absolute Gasteiger partial charge is 0.255 e. The van der Waals surface area contributed by atoms with Gasteiger partial charge in [-0.05, 0) is 48.7 Å². The summed E-state index contributed by atoms with van der Waals surface area (Å²) >= 11 is 3.42.